The van der Waals surface area contributed by atoms with Gasteiger partial charge in [-0.2, -0.15) is 0 Å². The van der Waals surface area contributed by atoms with Crippen LogP contribution in [0.25, 0.3) is 66.1 Å². The van der Waals surface area contributed by atoms with Crippen LogP contribution in [0.4, 0.5) is 17.1 Å². The van der Waals surface area contributed by atoms with Gasteiger partial charge in [0.1, 0.15) is 11.2 Å². The first-order valence-electron chi connectivity index (χ1n) is 35.3. The molecule has 258 valence electrons. The average molecular weight is 733 g/mol. The number of furan rings is 1. The van der Waals surface area contributed by atoms with Gasteiger partial charge < -0.3 is 9.32 Å². The van der Waals surface area contributed by atoms with Gasteiger partial charge in [-0.15, -0.1) is 0 Å². The number of hydrogen-bond donors (Lipinski definition) is 0. The van der Waals surface area contributed by atoms with Crippen molar-refractivity contribution in [3.05, 3.63) is 185 Å². The molecule has 9 aromatic rings. The summed E-state index contributed by atoms with van der Waals surface area (Å²) in [6.07, 6.45) is 0. The van der Waals surface area contributed by atoms with Crippen LogP contribution in [0, 0.1) is 0 Å². The van der Waals surface area contributed by atoms with Crippen LogP contribution in [0.1, 0.15) is 103 Å². The molecule has 0 amide bonds. The highest BCUT2D eigenvalue weighted by Gasteiger charge is 2.38. The predicted octanol–water partition coefficient (Wildman–Crippen LogP) is 14.5. The summed E-state index contributed by atoms with van der Waals surface area (Å²) in [6.45, 7) is -16.7. The maximum Gasteiger partial charge on any atom is 0.143 e. The number of benzene rings is 8. The minimum absolute atomic E-state index is 0.0830. The molecule has 0 saturated heterocycles. The van der Waals surface area contributed by atoms with Crippen molar-refractivity contribution >= 4 is 49.8 Å². The molecule has 0 atom stereocenters. The van der Waals surface area contributed by atoms with Gasteiger partial charge in [-0.25, -0.2) is 0 Å². The van der Waals surface area contributed by atoms with E-state index in [9.17, 15) is 15.1 Å². The second kappa shape index (κ2) is 11.1. The molecule has 1 heterocycles. The first-order chi connectivity index (χ1) is 42.6. The summed E-state index contributed by atoms with van der Waals surface area (Å²) in [7, 11) is 0. The first-order valence-corrected chi connectivity index (χ1v) is 15.8. The summed E-state index contributed by atoms with van der Waals surface area (Å²) in [5, 5.41) is -4.00. The molecule has 11 rings (SSSR count). The second-order valence-electron chi connectivity index (χ2n) is 12.3. The zero-order valence-corrected chi connectivity index (χ0v) is 26.9. The summed E-state index contributed by atoms with van der Waals surface area (Å²) in [5.41, 5.74) is -26.1. The zero-order valence-electron chi connectivity index (χ0n) is 65.9. The van der Waals surface area contributed by atoms with Gasteiger partial charge in [-0.3, -0.25) is 0 Å². The van der Waals surface area contributed by atoms with Crippen LogP contribution in [-0.2, 0) is 10.8 Å². The molecule has 2 aliphatic rings. The summed E-state index contributed by atoms with van der Waals surface area (Å²) < 4.78 is 366. The van der Waals surface area contributed by atoms with E-state index in [0.717, 1.165) is 0 Å². The topological polar surface area (TPSA) is 16.4 Å². The summed E-state index contributed by atoms with van der Waals surface area (Å²) in [6, 6.07) is -34.2. The Labute approximate surface area is 370 Å². The molecule has 0 bridgehead atoms. The molecule has 0 radical (unpaired) electrons. The quantitative estimate of drug-likeness (QED) is 0.179. The molecule has 2 heteroatoms. The molecule has 0 saturated carbocycles. The number of nitrogens with zero attached hydrogens (tertiary/aromatic N) is 1. The molecule has 2 nitrogen and oxygen atoms in total. The van der Waals surface area contributed by atoms with Crippen molar-refractivity contribution in [1.29, 1.82) is 0 Å². The third-order valence-corrected chi connectivity index (χ3v) is 9.25. The van der Waals surface area contributed by atoms with E-state index in [1.807, 2.05) is 0 Å². The van der Waals surface area contributed by atoms with E-state index in [1.54, 1.807) is 0 Å². The maximum absolute atomic E-state index is 10.5. The Bertz CT molecular complexity index is 4780. The third-order valence-electron chi connectivity index (χ3n) is 9.25. The SMILES string of the molecule is [2H]c1c([2H])c([2H])c(-c2c([2H])c([2H])c3oc4c5c([2H])c([2H])c([2H])c([2H])c5c(N(c5c([2H])c([2H])c6c(c5[2H])C(C([2H])([2H])[2H])(C([2H])([2H])[2H])c5c([2H])c([2H])c([2H])c([2H])c5-6)c5c([2H])c([2H])c6c(c5[2H])C(C([2H])([2H])[2H])(C([2H])([2H])[2H])c5c([2H])c([2H])c([2H])c([2H])c5-6)c([2H])c4c3c2[2H])c([2H])c1[2H]. The largest absolute Gasteiger partial charge is 0.455 e. The Morgan fingerprint density at radius 3 is 1.63 bits per heavy atom. The van der Waals surface area contributed by atoms with Gasteiger partial charge in [-0.05, 0) is 97.9 Å². The highest BCUT2D eigenvalue weighted by atomic mass is 16.3. The minimum atomic E-state index is -4.18. The molecule has 1 aromatic heterocycles. The predicted molar refractivity (Wildman–Crippen MR) is 226 cm³/mol. The summed E-state index contributed by atoms with van der Waals surface area (Å²) >= 11 is 0. The lowest BCUT2D eigenvalue weighted by atomic mass is 9.82. The van der Waals surface area contributed by atoms with Gasteiger partial charge in [0, 0.05) is 60.2 Å². The Morgan fingerprint density at radius 1 is 0.444 bits per heavy atom. The van der Waals surface area contributed by atoms with Gasteiger partial charge in [0.05, 0.1) is 42.7 Å². The van der Waals surface area contributed by atoms with Crippen molar-refractivity contribution in [3.63, 3.8) is 0 Å². The van der Waals surface area contributed by atoms with Gasteiger partial charge in [0.25, 0.3) is 0 Å². The monoisotopic (exact) mass is 733 g/mol. The van der Waals surface area contributed by atoms with Crippen LogP contribution in [0.15, 0.2) is 168 Å². The van der Waals surface area contributed by atoms with E-state index in [2.05, 4.69) is 0 Å². The van der Waals surface area contributed by atoms with Crippen LogP contribution in [0.2, 0.25) is 0 Å². The van der Waals surface area contributed by atoms with Crippen molar-refractivity contribution in [2.75, 3.05) is 4.90 Å². The molecule has 0 N–H and O–H groups in total. The second-order valence-corrected chi connectivity index (χ2v) is 12.3. The van der Waals surface area contributed by atoms with Gasteiger partial charge in [0.2, 0.25) is 0 Å². The highest BCUT2D eigenvalue weighted by molar-refractivity contribution is 6.20. The van der Waals surface area contributed by atoms with Crippen molar-refractivity contribution in [3.8, 4) is 33.4 Å². The van der Waals surface area contributed by atoms with E-state index in [4.69, 9.17) is 42.8 Å². The Hall–Kier alpha value is -6.38. The maximum atomic E-state index is 10.5. The van der Waals surface area contributed by atoms with E-state index < -0.39 is 307 Å². The molecule has 8 aromatic carbocycles. The first kappa shape index (κ1) is 11.1. The fraction of sp³-hybridized carbons (Fsp3) is 0.115. The lowest BCUT2D eigenvalue weighted by molar-refractivity contribution is 0.660. The highest BCUT2D eigenvalue weighted by Crippen LogP contribution is 2.54. The van der Waals surface area contributed by atoms with Crippen LogP contribution < -0.4 is 4.90 Å². The Balaban J connectivity index is 1.50. The molecular weight excluding hydrogens is 655 g/mol. The molecule has 0 aliphatic heterocycles. The normalized spacial score (nSPS) is 25.8. The standard InChI is InChI=1S/C52H39NO/c1-51(2)44-20-12-10-16-36(44)38-25-23-34(29-46(38)51)53(35-24-26-39-37-17-11-13-21-45(37)52(3,4)47(39)30-35)48-31-43-42-28-33(32-14-6-5-7-15-32)22-27-49(42)54-50(43)41-19-9-8-18-40(41)48/h5-31H,1-4H3/i1D3,2D3,3D3,4D3,5D,6D,7D,8D,9D,10D,11D,12D,13D,14D,15D,16D,17D,18D,19D,20D,21D,22D,23D,24D,25D,26D,27D,28D,29D,30D,31D. The minimum Gasteiger partial charge on any atom is -0.455 e. The van der Waals surface area contributed by atoms with Crippen LogP contribution in [-0.4, -0.2) is 0 Å². The lowest BCUT2D eigenvalue weighted by Crippen LogP contribution is -2.18. The zero-order chi connectivity index (χ0) is 69.8. The molecule has 0 spiro atoms. The fourth-order valence-corrected chi connectivity index (χ4v) is 6.82. The van der Waals surface area contributed by atoms with Crippen LogP contribution >= 0.6 is 0 Å². The van der Waals surface area contributed by atoms with Crippen molar-refractivity contribution in [1.82, 2.24) is 0 Å². The molecular formula is C52H39NO. The van der Waals surface area contributed by atoms with E-state index >= 15 is 0 Å². The van der Waals surface area contributed by atoms with Crippen molar-refractivity contribution in [2.24, 2.45) is 0 Å². The number of rotatable bonds is 4. The van der Waals surface area contributed by atoms with E-state index in [1.165, 1.54) is 0 Å². The molecule has 0 unspecified atom stereocenters. The van der Waals surface area contributed by atoms with Crippen LogP contribution in [0.5, 0.6) is 0 Å². The lowest BCUT2D eigenvalue weighted by Gasteiger charge is -2.30. The molecule has 54 heavy (non-hydrogen) atoms. The summed E-state index contributed by atoms with van der Waals surface area (Å²) in [4.78, 5) is 0.0830. The number of anilines is 3. The molecule has 0 fully saturated rings. The Kier molecular flexibility index (Phi) is 2.27. The Morgan fingerprint density at radius 2 is 1.00 bits per heavy atom. The molecule has 2 aliphatic carbocycles. The average Bonchev–Trinajstić information content (AvgIpc) is 1.53. The van der Waals surface area contributed by atoms with Gasteiger partial charge >= 0.3 is 0 Å². The van der Waals surface area contributed by atoms with Crippen molar-refractivity contribution < 1.29 is 57.9 Å². The summed E-state index contributed by atoms with van der Waals surface area (Å²) in [5.74, 6) is 0. The van der Waals surface area contributed by atoms with Crippen LogP contribution in [0.3, 0.4) is 0 Å². The number of hydrogen-bond acceptors (Lipinski definition) is 2. The fourth-order valence-electron chi connectivity index (χ4n) is 6.82. The van der Waals surface area contributed by atoms with Crippen molar-refractivity contribution in [2.45, 2.75) is 38.2 Å². The smallest absolute Gasteiger partial charge is 0.143 e. The van der Waals surface area contributed by atoms with Gasteiger partial charge in [0.15, 0.2) is 0 Å². The number of fused-ring (bicyclic) bond motifs is 11. The van der Waals surface area contributed by atoms with Gasteiger partial charge in [-0.1, -0.05) is 148 Å². The third kappa shape index (κ3) is 4.28. The van der Waals surface area contributed by atoms with E-state index in [0.29, 0.717) is 0 Å². The van der Waals surface area contributed by atoms with E-state index in [-0.39, 0.29) is 4.90 Å².